The molecule has 0 aromatic heterocycles. The molecule has 0 bridgehead atoms. The number of hydrogen-bond donors (Lipinski definition) is 1. The second kappa shape index (κ2) is 4.23. The molecular formula is C13H17O2. The predicted octanol–water partition coefficient (Wildman–Crippen LogP) is 2.48. The van der Waals surface area contributed by atoms with Crippen LogP contribution < -0.4 is 4.74 Å². The van der Waals surface area contributed by atoms with Crippen LogP contribution in [0.25, 0.3) is 0 Å². The SMILES string of the molecule is [CH2]C(CO)c1cc(C2CC2)ccc1OC. The van der Waals surface area contributed by atoms with Crippen molar-refractivity contribution < 1.29 is 9.84 Å². The first-order chi connectivity index (χ1) is 7.26. The van der Waals surface area contributed by atoms with E-state index in [4.69, 9.17) is 9.84 Å². The maximum atomic E-state index is 9.14. The molecule has 2 heteroatoms. The van der Waals surface area contributed by atoms with Crippen LogP contribution in [0.15, 0.2) is 18.2 Å². The monoisotopic (exact) mass is 205 g/mol. The van der Waals surface area contributed by atoms with E-state index in [1.165, 1.54) is 18.4 Å². The highest BCUT2D eigenvalue weighted by molar-refractivity contribution is 5.42. The Bertz CT molecular complexity index is 342. The minimum Gasteiger partial charge on any atom is -0.496 e. The number of ether oxygens (including phenoxy) is 1. The van der Waals surface area contributed by atoms with Crippen LogP contribution >= 0.6 is 0 Å². The first kappa shape index (κ1) is 10.5. The number of aliphatic hydroxyl groups is 1. The molecule has 1 atom stereocenters. The van der Waals surface area contributed by atoms with Gasteiger partial charge in [0.2, 0.25) is 0 Å². The van der Waals surface area contributed by atoms with Gasteiger partial charge in [0.1, 0.15) is 5.75 Å². The fourth-order valence-corrected chi connectivity index (χ4v) is 1.84. The van der Waals surface area contributed by atoms with Crippen LogP contribution in [0.1, 0.15) is 35.8 Å². The lowest BCUT2D eigenvalue weighted by Crippen LogP contribution is -2.03. The van der Waals surface area contributed by atoms with Crippen molar-refractivity contribution in [2.45, 2.75) is 24.7 Å². The summed E-state index contributed by atoms with van der Waals surface area (Å²) in [7, 11) is 1.65. The molecule has 15 heavy (non-hydrogen) atoms. The summed E-state index contributed by atoms with van der Waals surface area (Å²) in [6, 6.07) is 6.23. The Morgan fingerprint density at radius 3 is 2.80 bits per heavy atom. The van der Waals surface area contributed by atoms with Crippen LogP contribution in [0.5, 0.6) is 5.75 Å². The molecule has 1 N–H and O–H groups in total. The van der Waals surface area contributed by atoms with Gasteiger partial charge >= 0.3 is 0 Å². The first-order valence-electron chi connectivity index (χ1n) is 5.38. The third kappa shape index (κ3) is 2.15. The minimum absolute atomic E-state index is 0.0600. The molecule has 1 aliphatic rings. The van der Waals surface area contributed by atoms with Gasteiger partial charge in [-0.05, 0) is 42.9 Å². The third-order valence-electron chi connectivity index (χ3n) is 2.96. The van der Waals surface area contributed by atoms with Gasteiger partial charge in [0.25, 0.3) is 0 Å². The Balaban J connectivity index is 2.33. The highest BCUT2D eigenvalue weighted by atomic mass is 16.5. The van der Waals surface area contributed by atoms with E-state index >= 15 is 0 Å². The second-order valence-electron chi connectivity index (χ2n) is 4.16. The Hall–Kier alpha value is -1.02. The fraction of sp³-hybridized carbons (Fsp3) is 0.462. The average molecular weight is 205 g/mol. The topological polar surface area (TPSA) is 29.5 Å². The van der Waals surface area contributed by atoms with Crippen LogP contribution in [-0.2, 0) is 0 Å². The summed E-state index contributed by atoms with van der Waals surface area (Å²) in [4.78, 5) is 0. The lowest BCUT2D eigenvalue weighted by atomic mass is 9.97. The van der Waals surface area contributed by atoms with E-state index in [1.54, 1.807) is 7.11 Å². The molecule has 2 rings (SSSR count). The van der Waals surface area contributed by atoms with E-state index in [0.29, 0.717) is 0 Å². The van der Waals surface area contributed by atoms with E-state index in [0.717, 1.165) is 17.2 Å². The second-order valence-corrected chi connectivity index (χ2v) is 4.16. The molecule has 1 aliphatic carbocycles. The van der Waals surface area contributed by atoms with Gasteiger partial charge in [-0.1, -0.05) is 12.1 Å². The summed E-state index contributed by atoms with van der Waals surface area (Å²) in [5.74, 6) is 1.45. The summed E-state index contributed by atoms with van der Waals surface area (Å²) in [5.41, 5.74) is 2.37. The lowest BCUT2D eigenvalue weighted by molar-refractivity contribution is 0.279. The predicted molar refractivity (Wildman–Crippen MR) is 60.2 cm³/mol. The summed E-state index contributed by atoms with van der Waals surface area (Å²) in [5, 5.41) is 9.14. The van der Waals surface area contributed by atoms with E-state index < -0.39 is 0 Å². The van der Waals surface area contributed by atoms with Crippen LogP contribution in [0.2, 0.25) is 0 Å². The highest BCUT2D eigenvalue weighted by Gasteiger charge is 2.24. The molecule has 0 amide bonds. The van der Waals surface area contributed by atoms with E-state index in [1.807, 2.05) is 6.07 Å². The van der Waals surface area contributed by atoms with Crippen molar-refractivity contribution in [3.63, 3.8) is 0 Å². The molecule has 1 saturated carbocycles. The van der Waals surface area contributed by atoms with Crippen LogP contribution in [0.3, 0.4) is 0 Å². The molecule has 0 aliphatic heterocycles. The van der Waals surface area contributed by atoms with Gasteiger partial charge in [0, 0.05) is 5.92 Å². The molecule has 1 fully saturated rings. The number of benzene rings is 1. The molecule has 81 valence electrons. The van der Waals surface area contributed by atoms with Crippen LogP contribution in [0.4, 0.5) is 0 Å². The van der Waals surface area contributed by atoms with E-state index in [2.05, 4.69) is 19.1 Å². The lowest BCUT2D eigenvalue weighted by Gasteiger charge is -2.14. The van der Waals surface area contributed by atoms with E-state index in [9.17, 15) is 0 Å². The van der Waals surface area contributed by atoms with Gasteiger partial charge < -0.3 is 9.84 Å². The number of aliphatic hydroxyl groups excluding tert-OH is 1. The standard InChI is InChI=1S/C13H17O2/c1-9(8-14)12-7-11(10-3-4-10)5-6-13(12)15-2/h5-7,9-10,14H,1,3-4,8H2,2H3. The Morgan fingerprint density at radius 2 is 2.27 bits per heavy atom. The van der Waals surface area contributed by atoms with Gasteiger partial charge in [-0.25, -0.2) is 0 Å². The Morgan fingerprint density at radius 1 is 1.53 bits per heavy atom. The molecule has 0 heterocycles. The van der Waals surface area contributed by atoms with Gasteiger partial charge in [-0.2, -0.15) is 0 Å². The maximum Gasteiger partial charge on any atom is 0.122 e. The van der Waals surface area contributed by atoms with Gasteiger partial charge in [0.05, 0.1) is 13.7 Å². The van der Waals surface area contributed by atoms with Crippen molar-refractivity contribution in [1.29, 1.82) is 0 Å². The number of rotatable bonds is 4. The molecule has 0 saturated heterocycles. The normalized spacial score (nSPS) is 17.5. The molecule has 1 unspecified atom stereocenters. The minimum atomic E-state index is -0.0985. The molecular weight excluding hydrogens is 188 g/mol. The van der Waals surface area contributed by atoms with Gasteiger partial charge in [-0.15, -0.1) is 0 Å². The average Bonchev–Trinajstić information content (AvgIpc) is 3.11. The van der Waals surface area contributed by atoms with Crippen molar-refractivity contribution in [2.24, 2.45) is 0 Å². The summed E-state index contributed by atoms with van der Waals surface area (Å²) in [6.45, 7) is 3.99. The molecule has 1 aromatic carbocycles. The molecule has 1 radical (unpaired) electrons. The van der Waals surface area contributed by atoms with Gasteiger partial charge in [0.15, 0.2) is 0 Å². The quantitative estimate of drug-likeness (QED) is 0.818. The smallest absolute Gasteiger partial charge is 0.122 e. The molecule has 1 aromatic rings. The highest BCUT2D eigenvalue weighted by Crippen LogP contribution is 2.42. The zero-order valence-electron chi connectivity index (χ0n) is 9.07. The fourth-order valence-electron chi connectivity index (χ4n) is 1.84. The largest absolute Gasteiger partial charge is 0.496 e. The van der Waals surface area contributed by atoms with E-state index in [-0.39, 0.29) is 12.5 Å². The summed E-state index contributed by atoms with van der Waals surface area (Å²) in [6.07, 6.45) is 2.57. The zero-order chi connectivity index (χ0) is 10.8. The maximum absolute atomic E-state index is 9.14. The summed E-state index contributed by atoms with van der Waals surface area (Å²) < 4.78 is 5.27. The Labute approximate surface area is 90.9 Å². The molecule has 2 nitrogen and oxygen atoms in total. The first-order valence-corrected chi connectivity index (χ1v) is 5.38. The number of methoxy groups -OCH3 is 1. The van der Waals surface area contributed by atoms with Crippen molar-refractivity contribution in [3.05, 3.63) is 36.2 Å². The van der Waals surface area contributed by atoms with Crippen LogP contribution in [-0.4, -0.2) is 18.8 Å². The zero-order valence-corrected chi connectivity index (χ0v) is 9.07. The molecule has 0 spiro atoms. The summed E-state index contributed by atoms with van der Waals surface area (Å²) >= 11 is 0. The number of hydrogen-bond acceptors (Lipinski definition) is 2. The Kier molecular flexibility index (Phi) is 2.96. The van der Waals surface area contributed by atoms with Crippen molar-refractivity contribution >= 4 is 0 Å². The van der Waals surface area contributed by atoms with Crippen LogP contribution in [0, 0.1) is 6.92 Å². The van der Waals surface area contributed by atoms with Crippen molar-refractivity contribution in [2.75, 3.05) is 13.7 Å². The van der Waals surface area contributed by atoms with Gasteiger partial charge in [-0.3, -0.25) is 0 Å². The van der Waals surface area contributed by atoms with Crippen molar-refractivity contribution in [1.82, 2.24) is 0 Å². The van der Waals surface area contributed by atoms with Crippen molar-refractivity contribution in [3.8, 4) is 5.75 Å². The third-order valence-corrected chi connectivity index (χ3v) is 2.96.